The predicted molar refractivity (Wildman–Crippen MR) is 83.5 cm³/mol. The van der Waals surface area contributed by atoms with E-state index in [1.54, 1.807) is 0 Å². The van der Waals surface area contributed by atoms with Crippen LogP contribution in [0.2, 0.25) is 0 Å². The Morgan fingerprint density at radius 2 is 2.05 bits per heavy atom. The van der Waals surface area contributed by atoms with E-state index in [0.29, 0.717) is 12.1 Å². The smallest absolute Gasteiger partial charge is 0.102 e. The lowest BCUT2D eigenvalue weighted by Crippen LogP contribution is -2.13. The highest BCUT2D eigenvalue weighted by molar-refractivity contribution is 9.10. The molecule has 0 saturated heterocycles. The molecule has 1 unspecified atom stereocenters. The molecule has 3 nitrogen and oxygen atoms in total. The maximum absolute atomic E-state index is 10.2. The molecule has 0 aliphatic heterocycles. The molecule has 0 fully saturated rings. The van der Waals surface area contributed by atoms with E-state index < -0.39 is 6.10 Å². The molecule has 4 heteroatoms. The molecule has 0 aliphatic rings. The van der Waals surface area contributed by atoms with Crippen molar-refractivity contribution in [2.75, 3.05) is 11.9 Å². The topological polar surface area (TPSA) is 56.0 Å². The average molecular weight is 331 g/mol. The summed E-state index contributed by atoms with van der Waals surface area (Å²) < 4.78 is 0.933. The van der Waals surface area contributed by atoms with Gasteiger partial charge in [0.15, 0.2) is 0 Å². The second-order valence-electron chi connectivity index (χ2n) is 4.56. The predicted octanol–water partition coefficient (Wildman–Crippen LogP) is 3.77. The molecule has 0 saturated carbocycles. The largest absolute Gasteiger partial charge is 0.387 e. The van der Waals surface area contributed by atoms with Gasteiger partial charge in [0.05, 0.1) is 17.4 Å². The Bertz CT molecular complexity index is 649. The minimum absolute atomic E-state index is 0.356. The molecule has 0 bridgehead atoms. The van der Waals surface area contributed by atoms with Crippen LogP contribution in [0.1, 0.15) is 22.8 Å². The van der Waals surface area contributed by atoms with Crippen molar-refractivity contribution in [1.29, 1.82) is 5.26 Å². The molecule has 2 aromatic rings. The molecule has 0 aromatic heterocycles. The van der Waals surface area contributed by atoms with Crippen LogP contribution >= 0.6 is 15.9 Å². The number of aliphatic hydroxyl groups excluding tert-OH is 1. The summed E-state index contributed by atoms with van der Waals surface area (Å²) in [5.74, 6) is 0. The summed E-state index contributed by atoms with van der Waals surface area (Å²) in [6.45, 7) is 2.25. The number of halogens is 1. The number of hydrogen-bond donors (Lipinski definition) is 2. The highest BCUT2D eigenvalue weighted by atomic mass is 79.9. The van der Waals surface area contributed by atoms with E-state index in [-0.39, 0.29) is 0 Å². The van der Waals surface area contributed by atoms with Gasteiger partial charge in [-0.05, 0) is 36.2 Å². The zero-order chi connectivity index (χ0) is 14.5. The fraction of sp³-hybridized carbons (Fsp3) is 0.188. The lowest BCUT2D eigenvalue weighted by molar-refractivity contribution is 0.191. The number of anilines is 1. The lowest BCUT2D eigenvalue weighted by atomic mass is 10.1. The third kappa shape index (κ3) is 3.38. The van der Waals surface area contributed by atoms with Crippen LogP contribution in [0.4, 0.5) is 5.69 Å². The van der Waals surface area contributed by atoms with Crippen LogP contribution in [0, 0.1) is 18.3 Å². The fourth-order valence-electron chi connectivity index (χ4n) is 2.00. The molecule has 0 heterocycles. The van der Waals surface area contributed by atoms with Gasteiger partial charge in [-0.25, -0.2) is 0 Å². The summed E-state index contributed by atoms with van der Waals surface area (Å²) in [5.41, 5.74) is 3.13. The Kier molecular flexibility index (Phi) is 4.78. The van der Waals surface area contributed by atoms with Crippen molar-refractivity contribution >= 4 is 21.6 Å². The number of rotatable bonds is 4. The van der Waals surface area contributed by atoms with Gasteiger partial charge >= 0.3 is 0 Å². The number of aliphatic hydroxyl groups is 1. The first-order valence-corrected chi connectivity index (χ1v) is 7.08. The highest BCUT2D eigenvalue weighted by Gasteiger charge is 2.10. The number of aryl methyl sites for hydroxylation is 1. The van der Waals surface area contributed by atoms with Crippen LogP contribution in [0.5, 0.6) is 0 Å². The van der Waals surface area contributed by atoms with E-state index in [1.807, 2.05) is 49.4 Å². The van der Waals surface area contributed by atoms with Gasteiger partial charge in [-0.15, -0.1) is 0 Å². The fourth-order valence-corrected chi connectivity index (χ4v) is 2.42. The third-order valence-corrected chi connectivity index (χ3v) is 3.60. The highest BCUT2D eigenvalue weighted by Crippen LogP contribution is 2.21. The number of nitrogens with zero attached hydrogens (tertiary/aromatic N) is 1. The standard InChI is InChI=1S/C16H15BrN2O/c1-11-4-2-7-15(14(11)9-18)19-10-16(20)12-5-3-6-13(17)8-12/h2-8,16,19-20H,10H2,1H3. The van der Waals surface area contributed by atoms with Crippen molar-refractivity contribution in [3.8, 4) is 6.07 Å². The molecule has 20 heavy (non-hydrogen) atoms. The summed E-state index contributed by atoms with van der Waals surface area (Å²) in [6, 6.07) is 15.4. The molecule has 102 valence electrons. The minimum Gasteiger partial charge on any atom is -0.387 e. The van der Waals surface area contributed by atoms with Gasteiger partial charge in [-0.3, -0.25) is 0 Å². The van der Waals surface area contributed by atoms with Crippen molar-refractivity contribution in [2.45, 2.75) is 13.0 Å². The monoisotopic (exact) mass is 330 g/mol. The Hall–Kier alpha value is -1.83. The number of hydrogen-bond acceptors (Lipinski definition) is 3. The van der Waals surface area contributed by atoms with Gasteiger partial charge in [-0.1, -0.05) is 40.2 Å². The van der Waals surface area contributed by atoms with E-state index >= 15 is 0 Å². The molecule has 0 radical (unpaired) electrons. The first-order valence-electron chi connectivity index (χ1n) is 6.29. The molecule has 0 amide bonds. The van der Waals surface area contributed by atoms with Crippen molar-refractivity contribution in [1.82, 2.24) is 0 Å². The summed E-state index contributed by atoms with van der Waals surface area (Å²) in [4.78, 5) is 0. The Morgan fingerprint density at radius 3 is 2.75 bits per heavy atom. The number of benzene rings is 2. The van der Waals surface area contributed by atoms with Gasteiger partial charge < -0.3 is 10.4 Å². The van der Waals surface area contributed by atoms with Crippen LogP contribution in [0.25, 0.3) is 0 Å². The van der Waals surface area contributed by atoms with Crippen molar-refractivity contribution in [3.05, 3.63) is 63.6 Å². The van der Waals surface area contributed by atoms with E-state index in [9.17, 15) is 5.11 Å². The molecule has 2 N–H and O–H groups in total. The SMILES string of the molecule is Cc1cccc(NCC(O)c2cccc(Br)c2)c1C#N. The van der Waals surface area contributed by atoms with Crippen molar-refractivity contribution in [3.63, 3.8) is 0 Å². The second-order valence-corrected chi connectivity index (χ2v) is 5.48. The summed E-state index contributed by atoms with van der Waals surface area (Å²) in [7, 11) is 0. The van der Waals surface area contributed by atoms with Crippen LogP contribution in [0.3, 0.4) is 0 Å². The quantitative estimate of drug-likeness (QED) is 0.897. The molecule has 0 spiro atoms. The van der Waals surface area contributed by atoms with Crippen LogP contribution in [0.15, 0.2) is 46.9 Å². The van der Waals surface area contributed by atoms with Crippen LogP contribution in [-0.2, 0) is 0 Å². The molecule has 2 rings (SSSR count). The van der Waals surface area contributed by atoms with Crippen molar-refractivity contribution in [2.24, 2.45) is 0 Å². The first kappa shape index (κ1) is 14.6. The van der Waals surface area contributed by atoms with Gasteiger partial charge in [-0.2, -0.15) is 5.26 Å². The molecule has 1 atom stereocenters. The molecule has 2 aromatic carbocycles. The second kappa shape index (κ2) is 6.56. The Labute approximate surface area is 127 Å². The summed E-state index contributed by atoms with van der Waals surface area (Å²) in [6.07, 6.45) is -0.625. The van der Waals surface area contributed by atoms with Gasteiger partial charge in [0, 0.05) is 11.0 Å². The Balaban J connectivity index is 2.10. The van der Waals surface area contributed by atoms with Gasteiger partial charge in [0.2, 0.25) is 0 Å². The van der Waals surface area contributed by atoms with Crippen molar-refractivity contribution < 1.29 is 5.11 Å². The maximum Gasteiger partial charge on any atom is 0.102 e. The normalized spacial score (nSPS) is 11.7. The minimum atomic E-state index is -0.625. The average Bonchev–Trinajstić information content (AvgIpc) is 2.44. The number of nitriles is 1. The number of nitrogens with one attached hydrogen (secondary N) is 1. The molecular formula is C16H15BrN2O. The van der Waals surface area contributed by atoms with Gasteiger partial charge in [0.25, 0.3) is 0 Å². The summed E-state index contributed by atoms with van der Waals surface area (Å²) >= 11 is 3.38. The van der Waals surface area contributed by atoms with Crippen LogP contribution < -0.4 is 5.32 Å². The molecule has 0 aliphatic carbocycles. The Morgan fingerprint density at radius 1 is 1.30 bits per heavy atom. The molecular weight excluding hydrogens is 316 g/mol. The zero-order valence-electron chi connectivity index (χ0n) is 11.1. The van der Waals surface area contributed by atoms with E-state index in [0.717, 1.165) is 21.3 Å². The van der Waals surface area contributed by atoms with E-state index in [2.05, 4.69) is 27.3 Å². The maximum atomic E-state index is 10.2. The van der Waals surface area contributed by atoms with Gasteiger partial charge in [0.1, 0.15) is 6.07 Å². The van der Waals surface area contributed by atoms with E-state index in [4.69, 9.17) is 5.26 Å². The summed E-state index contributed by atoms with van der Waals surface area (Å²) in [5, 5.41) is 22.5. The first-order chi connectivity index (χ1) is 9.61. The zero-order valence-corrected chi connectivity index (χ0v) is 12.7. The third-order valence-electron chi connectivity index (χ3n) is 3.10. The van der Waals surface area contributed by atoms with Crippen LogP contribution in [-0.4, -0.2) is 11.7 Å². The van der Waals surface area contributed by atoms with E-state index in [1.165, 1.54) is 0 Å². The lowest BCUT2D eigenvalue weighted by Gasteiger charge is -2.15.